The van der Waals surface area contributed by atoms with E-state index in [-0.39, 0.29) is 5.69 Å². The van der Waals surface area contributed by atoms with Crippen molar-refractivity contribution in [2.24, 2.45) is 0 Å². The predicted octanol–water partition coefficient (Wildman–Crippen LogP) is 2.40. The second-order valence-corrected chi connectivity index (χ2v) is 3.98. The summed E-state index contributed by atoms with van der Waals surface area (Å²) in [5.74, 6) is -1.07. The Bertz CT molecular complexity index is 737. The maximum atomic E-state index is 11.1. The van der Waals surface area contributed by atoms with Gasteiger partial charge in [0.1, 0.15) is 11.0 Å². The molecule has 3 aromatic rings. The van der Waals surface area contributed by atoms with Crippen molar-refractivity contribution >= 4 is 28.4 Å². The molecular formula is C13H10N4O2. The maximum absolute atomic E-state index is 11.1. The normalized spacial score (nSPS) is 10.5. The summed E-state index contributed by atoms with van der Waals surface area (Å²) in [7, 11) is 0. The molecule has 2 heterocycles. The Kier molecular flexibility index (Phi) is 2.60. The summed E-state index contributed by atoms with van der Waals surface area (Å²) in [6.07, 6.45) is 1.50. The fourth-order valence-electron chi connectivity index (χ4n) is 1.82. The van der Waals surface area contributed by atoms with E-state index in [0.29, 0.717) is 16.7 Å². The second kappa shape index (κ2) is 4.41. The summed E-state index contributed by atoms with van der Waals surface area (Å²) in [6.45, 7) is 0. The van der Waals surface area contributed by atoms with Crippen LogP contribution in [-0.4, -0.2) is 26.3 Å². The summed E-state index contributed by atoms with van der Waals surface area (Å²) >= 11 is 0. The Morgan fingerprint density at radius 3 is 2.79 bits per heavy atom. The van der Waals surface area contributed by atoms with Gasteiger partial charge in [0, 0.05) is 5.69 Å². The molecule has 0 amide bonds. The number of hydrogen-bond donors (Lipinski definition) is 3. The van der Waals surface area contributed by atoms with Gasteiger partial charge in [-0.2, -0.15) is 5.10 Å². The Morgan fingerprint density at radius 1 is 1.26 bits per heavy atom. The lowest BCUT2D eigenvalue weighted by molar-refractivity contribution is 0.0691. The van der Waals surface area contributed by atoms with Crippen molar-refractivity contribution < 1.29 is 9.90 Å². The van der Waals surface area contributed by atoms with Crippen molar-refractivity contribution in [1.82, 2.24) is 15.2 Å². The zero-order chi connectivity index (χ0) is 13.2. The van der Waals surface area contributed by atoms with Crippen LogP contribution in [-0.2, 0) is 0 Å². The minimum absolute atomic E-state index is 0.0210. The molecule has 2 aromatic heterocycles. The Balaban J connectivity index is 2.11. The summed E-state index contributed by atoms with van der Waals surface area (Å²) < 4.78 is 0. The van der Waals surface area contributed by atoms with Crippen LogP contribution in [0.2, 0.25) is 0 Å². The lowest BCUT2D eigenvalue weighted by Crippen LogP contribution is -2.02. The molecule has 19 heavy (non-hydrogen) atoms. The minimum Gasteiger partial charge on any atom is -0.477 e. The van der Waals surface area contributed by atoms with Gasteiger partial charge >= 0.3 is 5.97 Å². The van der Waals surface area contributed by atoms with Crippen molar-refractivity contribution in [1.29, 1.82) is 0 Å². The molecule has 0 fully saturated rings. The number of carbonyl (C=O) groups is 1. The molecule has 0 aliphatic carbocycles. The third-order valence-electron chi connectivity index (χ3n) is 2.68. The van der Waals surface area contributed by atoms with Crippen LogP contribution in [0.3, 0.4) is 0 Å². The van der Waals surface area contributed by atoms with E-state index in [1.165, 1.54) is 12.3 Å². The zero-order valence-corrected chi connectivity index (χ0v) is 9.79. The van der Waals surface area contributed by atoms with Gasteiger partial charge < -0.3 is 10.4 Å². The van der Waals surface area contributed by atoms with Crippen LogP contribution in [0.1, 0.15) is 10.5 Å². The molecule has 3 N–H and O–H groups in total. The molecule has 0 unspecified atom stereocenters. The molecule has 0 bridgehead atoms. The minimum atomic E-state index is -1.07. The molecular weight excluding hydrogens is 244 g/mol. The third kappa shape index (κ3) is 2.11. The quantitative estimate of drug-likeness (QED) is 0.667. The van der Waals surface area contributed by atoms with Crippen molar-refractivity contribution in [3.63, 3.8) is 0 Å². The molecule has 1 aromatic carbocycles. The number of fused-ring (bicyclic) bond motifs is 1. The number of rotatable bonds is 3. The van der Waals surface area contributed by atoms with Gasteiger partial charge in [-0.3, -0.25) is 5.10 Å². The molecule has 6 nitrogen and oxygen atoms in total. The highest BCUT2D eigenvalue weighted by molar-refractivity contribution is 5.96. The van der Waals surface area contributed by atoms with Crippen LogP contribution in [0.5, 0.6) is 0 Å². The fourth-order valence-corrected chi connectivity index (χ4v) is 1.82. The second-order valence-electron chi connectivity index (χ2n) is 3.98. The summed E-state index contributed by atoms with van der Waals surface area (Å²) in [5, 5.41) is 18.9. The Morgan fingerprint density at radius 2 is 2.05 bits per heavy atom. The Hall–Kier alpha value is -2.89. The molecule has 0 spiro atoms. The molecule has 0 saturated heterocycles. The van der Waals surface area contributed by atoms with Gasteiger partial charge in [0.05, 0.1) is 11.9 Å². The van der Waals surface area contributed by atoms with Crippen LogP contribution in [0, 0.1) is 0 Å². The van der Waals surface area contributed by atoms with E-state index in [1.54, 1.807) is 0 Å². The number of aromatic carboxylic acids is 1. The number of para-hydroxylation sites is 1. The van der Waals surface area contributed by atoms with E-state index in [9.17, 15) is 4.79 Å². The van der Waals surface area contributed by atoms with Crippen molar-refractivity contribution in [3.05, 3.63) is 48.3 Å². The average Bonchev–Trinajstić information content (AvgIpc) is 2.88. The first-order chi connectivity index (χ1) is 9.24. The number of carboxylic acids is 1. The number of nitrogens with zero attached hydrogens (tertiary/aromatic N) is 2. The molecule has 3 rings (SSSR count). The first kappa shape index (κ1) is 11.2. The number of hydrogen-bond acceptors (Lipinski definition) is 4. The fraction of sp³-hybridized carbons (Fsp3) is 0. The highest BCUT2D eigenvalue weighted by Crippen LogP contribution is 2.24. The lowest BCUT2D eigenvalue weighted by Gasteiger charge is -2.07. The average molecular weight is 254 g/mol. The molecule has 0 saturated carbocycles. The van der Waals surface area contributed by atoms with Crippen LogP contribution in [0.4, 0.5) is 11.4 Å². The van der Waals surface area contributed by atoms with Crippen LogP contribution in [0.25, 0.3) is 11.0 Å². The van der Waals surface area contributed by atoms with Crippen molar-refractivity contribution in [2.75, 3.05) is 5.32 Å². The van der Waals surface area contributed by atoms with Gasteiger partial charge in [0.25, 0.3) is 0 Å². The third-order valence-corrected chi connectivity index (χ3v) is 2.68. The van der Waals surface area contributed by atoms with Gasteiger partial charge in [0.15, 0.2) is 5.69 Å². The van der Waals surface area contributed by atoms with E-state index < -0.39 is 5.97 Å². The highest BCUT2D eigenvalue weighted by atomic mass is 16.4. The van der Waals surface area contributed by atoms with E-state index in [4.69, 9.17) is 5.11 Å². The number of benzene rings is 1. The number of H-pyrrole nitrogens is 1. The number of carboxylic acid groups (broad SMARTS) is 1. The highest BCUT2D eigenvalue weighted by Gasteiger charge is 2.12. The van der Waals surface area contributed by atoms with Crippen molar-refractivity contribution in [3.8, 4) is 0 Å². The van der Waals surface area contributed by atoms with E-state index in [0.717, 1.165) is 5.69 Å². The maximum Gasteiger partial charge on any atom is 0.354 e. The van der Waals surface area contributed by atoms with Crippen LogP contribution in [0.15, 0.2) is 42.6 Å². The van der Waals surface area contributed by atoms with Gasteiger partial charge in [0.2, 0.25) is 0 Å². The predicted molar refractivity (Wildman–Crippen MR) is 70.6 cm³/mol. The monoisotopic (exact) mass is 254 g/mol. The summed E-state index contributed by atoms with van der Waals surface area (Å²) in [6, 6.07) is 11.0. The Labute approximate surface area is 108 Å². The number of nitrogens with one attached hydrogen (secondary N) is 2. The number of pyridine rings is 1. The van der Waals surface area contributed by atoms with E-state index >= 15 is 0 Å². The van der Waals surface area contributed by atoms with E-state index in [1.807, 2.05) is 30.3 Å². The molecule has 0 radical (unpaired) electrons. The molecule has 94 valence electrons. The first-order valence-corrected chi connectivity index (χ1v) is 5.63. The first-order valence-electron chi connectivity index (χ1n) is 5.63. The number of aromatic amines is 1. The summed E-state index contributed by atoms with van der Waals surface area (Å²) in [4.78, 5) is 15.1. The number of anilines is 2. The SMILES string of the molecule is O=C(O)c1cc(Nc2ccccc2)c2[nH]ncc2n1. The zero-order valence-electron chi connectivity index (χ0n) is 9.79. The van der Waals surface area contributed by atoms with E-state index in [2.05, 4.69) is 20.5 Å². The molecule has 6 heteroatoms. The van der Waals surface area contributed by atoms with Gasteiger partial charge in [-0.1, -0.05) is 18.2 Å². The molecule has 0 atom stereocenters. The number of aromatic nitrogens is 3. The van der Waals surface area contributed by atoms with Crippen LogP contribution < -0.4 is 5.32 Å². The van der Waals surface area contributed by atoms with Crippen LogP contribution >= 0.6 is 0 Å². The van der Waals surface area contributed by atoms with Gasteiger partial charge in [-0.05, 0) is 18.2 Å². The largest absolute Gasteiger partial charge is 0.477 e. The van der Waals surface area contributed by atoms with Gasteiger partial charge in [-0.15, -0.1) is 0 Å². The summed E-state index contributed by atoms with van der Waals surface area (Å²) in [5.41, 5.74) is 2.66. The van der Waals surface area contributed by atoms with Gasteiger partial charge in [-0.25, -0.2) is 9.78 Å². The smallest absolute Gasteiger partial charge is 0.354 e. The lowest BCUT2D eigenvalue weighted by atomic mass is 10.2. The molecule has 0 aliphatic rings. The molecule has 0 aliphatic heterocycles. The van der Waals surface area contributed by atoms with Crippen molar-refractivity contribution in [2.45, 2.75) is 0 Å². The standard InChI is InChI=1S/C13H10N4O2/c18-13(19)10-6-9(12-11(16-10)7-14-17-12)15-8-4-2-1-3-5-8/h1-7H,(H,14,17)(H,15,16)(H,18,19). The topological polar surface area (TPSA) is 90.9 Å².